The highest BCUT2D eigenvalue weighted by Crippen LogP contribution is 2.46. The molecule has 2 aromatic carbocycles. The Morgan fingerprint density at radius 2 is 1.11 bits per heavy atom. The van der Waals surface area contributed by atoms with Crippen LogP contribution < -0.4 is 5.73 Å². The normalized spacial score (nSPS) is 22.2. The zero-order valence-corrected chi connectivity index (χ0v) is 22.4. The molecule has 0 unspecified atom stereocenters. The molecule has 38 heavy (non-hydrogen) atoms. The zero-order valence-electron chi connectivity index (χ0n) is 20.9. The van der Waals surface area contributed by atoms with Gasteiger partial charge in [-0.05, 0) is 73.2 Å². The van der Waals surface area contributed by atoms with Gasteiger partial charge in [-0.25, -0.2) is 0 Å². The molecule has 2 saturated carbocycles. The van der Waals surface area contributed by atoms with Gasteiger partial charge in [-0.3, -0.25) is 9.59 Å². The lowest BCUT2D eigenvalue weighted by Crippen LogP contribution is -2.46. The number of benzene rings is 2. The van der Waals surface area contributed by atoms with Gasteiger partial charge in [0.05, 0.1) is 37.3 Å². The van der Waals surface area contributed by atoms with E-state index in [2.05, 4.69) is 0 Å². The average Bonchev–Trinajstić information content (AvgIpc) is 3.52. The minimum atomic E-state index is -0.780. The van der Waals surface area contributed by atoms with Gasteiger partial charge >= 0.3 is 5.97 Å². The van der Waals surface area contributed by atoms with E-state index in [9.17, 15) is 14.7 Å². The Morgan fingerprint density at radius 3 is 1.42 bits per heavy atom. The van der Waals surface area contributed by atoms with Crippen LogP contribution in [0.3, 0.4) is 0 Å². The third-order valence-electron chi connectivity index (χ3n) is 8.03. The van der Waals surface area contributed by atoms with Crippen molar-refractivity contribution in [3.8, 4) is 0 Å². The maximum Gasteiger partial charge on any atom is 0.314 e. The first-order valence-electron chi connectivity index (χ1n) is 12.9. The summed E-state index contributed by atoms with van der Waals surface area (Å²) < 4.78 is 21.8. The van der Waals surface area contributed by atoms with Gasteiger partial charge in [0.1, 0.15) is 0 Å². The Hall–Kier alpha value is -2.20. The van der Waals surface area contributed by atoms with Gasteiger partial charge in [-0.1, -0.05) is 36.0 Å². The number of carbonyl (C=O) groups is 2. The standard InChI is InChI=1S/C14H16ClNO3.C14H15ClO4/c2*15-11-7-9(12-18-4-5-19-12)6-10(8-11)14(13(16)17)2-1-3-14/h6-8,12H,1-5H2,(H2,16,17);6-8,12H,1-5H2,(H,16,17). The fourth-order valence-corrected chi connectivity index (χ4v) is 6.00. The van der Waals surface area contributed by atoms with Crippen molar-refractivity contribution in [3.63, 3.8) is 0 Å². The number of primary amides is 1. The molecule has 2 aliphatic heterocycles. The molecular formula is C28H31Cl2NO7. The van der Waals surface area contributed by atoms with E-state index in [1.165, 1.54) is 0 Å². The van der Waals surface area contributed by atoms with Gasteiger partial charge in [-0.2, -0.15) is 0 Å². The fourth-order valence-electron chi connectivity index (χ4n) is 5.52. The summed E-state index contributed by atoms with van der Waals surface area (Å²) in [6.07, 6.45) is 4.03. The quantitative estimate of drug-likeness (QED) is 0.496. The lowest BCUT2D eigenvalue weighted by atomic mass is 9.64. The number of rotatable bonds is 6. The van der Waals surface area contributed by atoms with Crippen LogP contribution in [0.5, 0.6) is 0 Å². The Bertz CT molecular complexity index is 1110. The van der Waals surface area contributed by atoms with Crippen molar-refractivity contribution in [3.05, 3.63) is 68.7 Å². The van der Waals surface area contributed by atoms with Crippen molar-refractivity contribution < 1.29 is 33.6 Å². The van der Waals surface area contributed by atoms with Crippen molar-refractivity contribution in [1.82, 2.24) is 0 Å². The van der Waals surface area contributed by atoms with Crippen molar-refractivity contribution in [1.29, 1.82) is 0 Å². The average molecular weight is 564 g/mol. The van der Waals surface area contributed by atoms with E-state index in [1.54, 1.807) is 12.1 Å². The van der Waals surface area contributed by atoms with Crippen LogP contribution in [0.4, 0.5) is 0 Å². The second-order valence-electron chi connectivity index (χ2n) is 10.2. The summed E-state index contributed by atoms with van der Waals surface area (Å²) in [7, 11) is 0. The summed E-state index contributed by atoms with van der Waals surface area (Å²) in [6, 6.07) is 10.9. The van der Waals surface area contributed by atoms with Gasteiger partial charge < -0.3 is 29.8 Å². The summed E-state index contributed by atoms with van der Waals surface area (Å²) in [6.45, 7) is 2.26. The molecule has 3 N–H and O–H groups in total. The number of amides is 1. The molecule has 2 aliphatic carbocycles. The lowest BCUT2D eigenvalue weighted by Gasteiger charge is -2.39. The molecule has 8 nitrogen and oxygen atoms in total. The summed E-state index contributed by atoms with van der Waals surface area (Å²) in [4.78, 5) is 23.3. The predicted molar refractivity (Wildman–Crippen MR) is 140 cm³/mol. The van der Waals surface area contributed by atoms with Crippen LogP contribution in [0.2, 0.25) is 10.0 Å². The summed E-state index contributed by atoms with van der Waals surface area (Å²) in [5, 5.41) is 10.6. The Labute approximate surface area is 231 Å². The predicted octanol–water partition coefficient (Wildman–Crippen LogP) is 5.18. The van der Waals surface area contributed by atoms with Gasteiger partial charge in [0, 0.05) is 21.2 Å². The van der Waals surface area contributed by atoms with Gasteiger partial charge in [-0.15, -0.1) is 0 Å². The number of ether oxygens (including phenoxy) is 4. The number of nitrogens with two attached hydrogens (primary N) is 1. The molecular weight excluding hydrogens is 533 g/mol. The third-order valence-corrected chi connectivity index (χ3v) is 8.46. The molecule has 0 atom stereocenters. The molecule has 0 aromatic heterocycles. The van der Waals surface area contributed by atoms with E-state index in [4.69, 9.17) is 47.9 Å². The van der Waals surface area contributed by atoms with E-state index in [0.717, 1.165) is 47.9 Å². The van der Waals surface area contributed by atoms with Gasteiger partial charge in [0.15, 0.2) is 12.6 Å². The molecule has 204 valence electrons. The lowest BCUT2D eigenvalue weighted by molar-refractivity contribution is -0.147. The highest BCUT2D eigenvalue weighted by molar-refractivity contribution is 6.31. The molecule has 10 heteroatoms. The molecule has 2 saturated heterocycles. The Kier molecular flexibility index (Phi) is 8.01. The molecule has 2 heterocycles. The smallest absolute Gasteiger partial charge is 0.314 e. The first-order valence-corrected chi connectivity index (χ1v) is 13.6. The van der Waals surface area contributed by atoms with Gasteiger partial charge in [0.25, 0.3) is 0 Å². The second-order valence-corrected chi connectivity index (χ2v) is 11.1. The van der Waals surface area contributed by atoms with Gasteiger partial charge in [0.2, 0.25) is 5.91 Å². The van der Waals surface area contributed by atoms with Crippen LogP contribution in [0, 0.1) is 0 Å². The SMILES string of the molecule is NC(=O)C1(c2cc(Cl)cc(C3OCCO3)c2)CCC1.O=C(O)C1(c2cc(Cl)cc(C3OCCO3)c2)CCC1. The summed E-state index contributed by atoms with van der Waals surface area (Å²) in [5.74, 6) is -1.06. The molecule has 0 radical (unpaired) electrons. The van der Waals surface area contributed by atoms with Crippen LogP contribution in [0.1, 0.15) is 73.4 Å². The van der Waals surface area contributed by atoms with E-state index in [1.807, 2.05) is 24.3 Å². The minimum absolute atomic E-state index is 0.278. The minimum Gasteiger partial charge on any atom is -0.481 e. The van der Waals surface area contributed by atoms with Crippen LogP contribution in [-0.4, -0.2) is 43.4 Å². The van der Waals surface area contributed by atoms with Crippen LogP contribution in [0.25, 0.3) is 0 Å². The molecule has 4 aliphatic rings. The van der Waals surface area contributed by atoms with Crippen molar-refractivity contribution in [2.75, 3.05) is 26.4 Å². The molecule has 4 fully saturated rings. The molecule has 2 aromatic rings. The monoisotopic (exact) mass is 563 g/mol. The number of carboxylic acids is 1. The van der Waals surface area contributed by atoms with Crippen molar-refractivity contribution in [2.45, 2.75) is 61.9 Å². The molecule has 0 bridgehead atoms. The molecule has 6 rings (SSSR count). The maximum atomic E-state index is 11.8. The number of hydrogen-bond donors (Lipinski definition) is 2. The number of carbonyl (C=O) groups excluding carboxylic acids is 1. The third kappa shape index (κ3) is 5.18. The molecule has 0 spiro atoms. The first kappa shape index (κ1) is 27.4. The van der Waals surface area contributed by atoms with Crippen molar-refractivity contribution in [2.24, 2.45) is 5.73 Å². The first-order chi connectivity index (χ1) is 18.2. The van der Waals surface area contributed by atoms with Crippen LogP contribution in [0.15, 0.2) is 36.4 Å². The van der Waals surface area contributed by atoms with Crippen LogP contribution >= 0.6 is 23.2 Å². The summed E-state index contributed by atoms with van der Waals surface area (Å²) in [5.41, 5.74) is 7.53. The largest absolute Gasteiger partial charge is 0.481 e. The van der Waals surface area contributed by atoms with E-state index < -0.39 is 23.1 Å². The summed E-state index contributed by atoms with van der Waals surface area (Å²) >= 11 is 12.3. The van der Waals surface area contributed by atoms with E-state index in [0.29, 0.717) is 49.3 Å². The number of carboxylic acid groups (broad SMARTS) is 1. The number of aliphatic carboxylic acids is 1. The highest BCUT2D eigenvalue weighted by Gasteiger charge is 2.46. The zero-order chi connectivity index (χ0) is 26.9. The van der Waals surface area contributed by atoms with Crippen LogP contribution in [-0.2, 0) is 39.4 Å². The molecule has 1 amide bonds. The number of halogens is 2. The Balaban J connectivity index is 0.000000155. The topological polar surface area (TPSA) is 117 Å². The van der Waals surface area contributed by atoms with E-state index in [-0.39, 0.29) is 12.2 Å². The Morgan fingerprint density at radius 1 is 0.711 bits per heavy atom. The number of hydrogen-bond acceptors (Lipinski definition) is 6. The van der Waals surface area contributed by atoms with Crippen molar-refractivity contribution >= 4 is 35.1 Å². The second kappa shape index (κ2) is 11.1. The fraction of sp³-hybridized carbons (Fsp3) is 0.500. The maximum absolute atomic E-state index is 11.8. The van der Waals surface area contributed by atoms with E-state index >= 15 is 0 Å². The highest BCUT2D eigenvalue weighted by atomic mass is 35.5.